The Kier molecular flexibility index (Phi) is 6.86. The number of ether oxygens (including phenoxy) is 1. The van der Waals surface area contributed by atoms with E-state index in [2.05, 4.69) is 20.2 Å². The summed E-state index contributed by atoms with van der Waals surface area (Å²) < 4.78 is 7.82. The van der Waals surface area contributed by atoms with Crippen LogP contribution in [0.2, 0.25) is 5.02 Å². The third-order valence-corrected chi connectivity index (χ3v) is 6.72. The summed E-state index contributed by atoms with van der Waals surface area (Å²) in [6.07, 6.45) is 1.98. The second-order valence-corrected chi connectivity index (χ2v) is 9.15. The molecule has 0 unspecified atom stereocenters. The molecule has 0 saturated carbocycles. The van der Waals surface area contributed by atoms with Crippen molar-refractivity contribution in [1.82, 2.24) is 14.6 Å². The number of azide groups is 1. The largest absolute Gasteiger partial charge is 0.489 e. The molecule has 0 aliphatic rings. The number of aromatic nitrogens is 3. The summed E-state index contributed by atoms with van der Waals surface area (Å²) in [5.41, 5.74) is 12.2. The number of benzene rings is 3. The Morgan fingerprint density at radius 2 is 1.80 bits per heavy atom. The van der Waals surface area contributed by atoms with Crippen molar-refractivity contribution in [3.63, 3.8) is 0 Å². The van der Waals surface area contributed by atoms with Gasteiger partial charge in [0, 0.05) is 26.5 Å². The van der Waals surface area contributed by atoms with Gasteiger partial charge in [0.25, 0.3) is 0 Å². The van der Waals surface area contributed by atoms with E-state index in [0.717, 1.165) is 26.5 Å². The van der Waals surface area contributed by atoms with Crippen LogP contribution in [0.4, 0.5) is 0 Å². The molecule has 0 amide bonds. The Labute approximate surface area is 211 Å². The first-order chi connectivity index (χ1) is 17.2. The van der Waals surface area contributed by atoms with Gasteiger partial charge in [0.1, 0.15) is 12.4 Å². The Morgan fingerprint density at radius 3 is 2.63 bits per heavy atom. The molecule has 0 spiro atoms. The lowest BCUT2D eigenvalue weighted by Gasteiger charge is -2.10. The monoisotopic (exact) mass is 498 g/mol. The van der Waals surface area contributed by atoms with Crippen LogP contribution in [0.25, 0.3) is 27.5 Å². The highest BCUT2D eigenvalue weighted by molar-refractivity contribution is 7.99. The van der Waals surface area contributed by atoms with Crippen molar-refractivity contribution in [1.29, 1.82) is 0 Å². The van der Waals surface area contributed by atoms with E-state index in [9.17, 15) is 0 Å². The number of hydrogen-bond donors (Lipinski definition) is 0. The molecule has 0 bridgehead atoms. The van der Waals surface area contributed by atoms with Gasteiger partial charge in [-0.2, -0.15) is 0 Å². The van der Waals surface area contributed by atoms with Gasteiger partial charge in [0.2, 0.25) is 0 Å². The quantitative estimate of drug-likeness (QED) is 0.125. The fourth-order valence-corrected chi connectivity index (χ4v) is 4.81. The first-order valence-electron chi connectivity index (χ1n) is 10.8. The maximum atomic E-state index is 8.68. The fraction of sp³-hybridized carbons (Fsp3) is 0.0769. The number of hydrogen-bond acceptors (Lipinski definition) is 5. The number of rotatable bonds is 8. The van der Waals surface area contributed by atoms with E-state index in [1.165, 1.54) is 0 Å². The van der Waals surface area contributed by atoms with Gasteiger partial charge in [-0.25, -0.2) is 0 Å². The van der Waals surface area contributed by atoms with Crippen LogP contribution in [0.15, 0.2) is 106 Å². The van der Waals surface area contributed by atoms with Crippen molar-refractivity contribution in [2.75, 3.05) is 0 Å². The molecule has 5 rings (SSSR count). The van der Waals surface area contributed by atoms with Gasteiger partial charge >= 0.3 is 0 Å². The van der Waals surface area contributed by atoms with Gasteiger partial charge in [-0.15, -0.1) is 10.2 Å². The van der Waals surface area contributed by atoms with E-state index in [0.29, 0.717) is 35.4 Å². The molecule has 5 aromatic rings. The van der Waals surface area contributed by atoms with Crippen molar-refractivity contribution in [3.8, 4) is 17.1 Å². The molecular formula is C26H19ClN6OS. The van der Waals surface area contributed by atoms with Crippen molar-refractivity contribution >= 4 is 29.0 Å². The van der Waals surface area contributed by atoms with Crippen LogP contribution in [-0.4, -0.2) is 14.6 Å². The van der Waals surface area contributed by atoms with Crippen LogP contribution in [0.3, 0.4) is 0 Å². The minimum Gasteiger partial charge on any atom is -0.489 e. The minimum absolute atomic E-state index is 0.300. The highest BCUT2D eigenvalue weighted by Crippen LogP contribution is 2.34. The molecule has 0 N–H and O–H groups in total. The standard InChI is InChI=1S/C26H19ClN6OS/c27-23-14-20(34-17-18-6-2-1-3-7-18)10-12-22(23)26-31-30-25-13-11-21(16-33(25)26)35-24-9-5-4-8-19(24)15-29-32-28/h1-14,16H,15,17H2. The highest BCUT2D eigenvalue weighted by atomic mass is 35.5. The molecule has 0 aliphatic heterocycles. The minimum atomic E-state index is 0.300. The summed E-state index contributed by atoms with van der Waals surface area (Å²) in [5.74, 6) is 1.33. The number of pyridine rings is 1. The third kappa shape index (κ3) is 5.25. The van der Waals surface area contributed by atoms with Gasteiger partial charge in [0.15, 0.2) is 11.5 Å². The van der Waals surface area contributed by atoms with Crippen molar-refractivity contribution < 1.29 is 4.74 Å². The molecule has 35 heavy (non-hydrogen) atoms. The highest BCUT2D eigenvalue weighted by Gasteiger charge is 2.14. The first-order valence-corrected chi connectivity index (χ1v) is 12.0. The lowest BCUT2D eigenvalue weighted by molar-refractivity contribution is 0.306. The average Bonchev–Trinajstić information content (AvgIpc) is 3.31. The van der Waals surface area contributed by atoms with Crippen molar-refractivity contribution in [2.24, 2.45) is 5.11 Å². The van der Waals surface area contributed by atoms with Crippen LogP contribution in [0.5, 0.6) is 5.75 Å². The Balaban J connectivity index is 1.41. The predicted molar refractivity (Wildman–Crippen MR) is 138 cm³/mol. The number of halogens is 1. The molecule has 2 aromatic heterocycles. The van der Waals surface area contributed by atoms with Gasteiger partial charge in [0.05, 0.1) is 11.6 Å². The van der Waals surface area contributed by atoms with Crippen LogP contribution in [0, 0.1) is 0 Å². The van der Waals surface area contributed by atoms with Crippen LogP contribution < -0.4 is 4.74 Å². The molecule has 0 saturated heterocycles. The summed E-state index contributed by atoms with van der Waals surface area (Å²) in [5, 5.41) is 12.9. The SMILES string of the molecule is [N-]=[N+]=NCc1ccccc1Sc1ccc2nnc(-c3ccc(OCc4ccccc4)cc3Cl)n2c1. The Hall–Kier alpha value is -3.97. The van der Waals surface area contributed by atoms with E-state index >= 15 is 0 Å². The summed E-state index contributed by atoms with van der Waals surface area (Å²) >= 11 is 8.22. The lowest BCUT2D eigenvalue weighted by Crippen LogP contribution is -1.96. The van der Waals surface area contributed by atoms with Gasteiger partial charge in [-0.3, -0.25) is 4.40 Å². The normalized spacial score (nSPS) is 10.8. The average molecular weight is 499 g/mol. The molecular weight excluding hydrogens is 480 g/mol. The van der Waals surface area contributed by atoms with Gasteiger partial charge < -0.3 is 4.74 Å². The number of fused-ring (bicyclic) bond motifs is 1. The molecule has 3 aromatic carbocycles. The first kappa shape index (κ1) is 22.8. The van der Waals surface area contributed by atoms with E-state index in [-0.39, 0.29) is 0 Å². The Bertz CT molecular complexity index is 1530. The van der Waals surface area contributed by atoms with Crippen LogP contribution in [0.1, 0.15) is 11.1 Å². The molecule has 9 heteroatoms. The maximum Gasteiger partial charge on any atom is 0.169 e. The zero-order valence-electron chi connectivity index (χ0n) is 18.5. The topological polar surface area (TPSA) is 88.2 Å². The van der Waals surface area contributed by atoms with Gasteiger partial charge in [-0.1, -0.05) is 77.0 Å². The van der Waals surface area contributed by atoms with E-state index in [1.807, 2.05) is 89.5 Å². The van der Waals surface area contributed by atoms with Gasteiger partial charge in [-0.05, 0) is 53.1 Å². The molecule has 0 fully saturated rings. The fourth-order valence-electron chi connectivity index (χ4n) is 3.59. The summed E-state index contributed by atoms with van der Waals surface area (Å²) in [6.45, 7) is 0.764. The van der Waals surface area contributed by atoms with E-state index in [1.54, 1.807) is 17.8 Å². The summed E-state index contributed by atoms with van der Waals surface area (Å²) in [7, 11) is 0. The molecule has 0 atom stereocenters. The maximum absolute atomic E-state index is 8.68. The molecule has 0 aliphatic carbocycles. The van der Waals surface area contributed by atoms with Crippen molar-refractivity contribution in [3.05, 3.63) is 118 Å². The summed E-state index contributed by atoms with van der Waals surface area (Å²) in [4.78, 5) is 4.89. The van der Waals surface area contributed by atoms with E-state index in [4.69, 9.17) is 21.9 Å². The third-order valence-electron chi connectivity index (χ3n) is 5.31. The zero-order valence-corrected chi connectivity index (χ0v) is 20.0. The number of nitrogens with zero attached hydrogens (tertiary/aromatic N) is 6. The second kappa shape index (κ2) is 10.5. The van der Waals surface area contributed by atoms with Crippen LogP contribution >= 0.6 is 23.4 Å². The van der Waals surface area contributed by atoms with Crippen LogP contribution in [-0.2, 0) is 13.2 Å². The lowest BCUT2D eigenvalue weighted by atomic mass is 10.2. The van der Waals surface area contributed by atoms with Crippen molar-refractivity contribution in [2.45, 2.75) is 22.9 Å². The molecule has 0 radical (unpaired) electrons. The molecule has 172 valence electrons. The zero-order chi connectivity index (χ0) is 24.0. The molecule has 7 nitrogen and oxygen atoms in total. The second-order valence-electron chi connectivity index (χ2n) is 7.63. The smallest absolute Gasteiger partial charge is 0.169 e. The van der Waals surface area contributed by atoms with E-state index < -0.39 is 0 Å². The summed E-state index contributed by atoms with van der Waals surface area (Å²) in [6, 6.07) is 27.3. The Morgan fingerprint density at radius 1 is 0.971 bits per heavy atom. The predicted octanol–water partition coefficient (Wildman–Crippen LogP) is 7.59. The molecule has 2 heterocycles.